The minimum atomic E-state index is -4.49. The van der Waals surface area contributed by atoms with Gasteiger partial charge in [-0.15, -0.1) is 6.42 Å². The van der Waals surface area contributed by atoms with Gasteiger partial charge in [-0.2, -0.15) is 13.2 Å². The van der Waals surface area contributed by atoms with Gasteiger partial charge in [0.15, 0.2) is 0 Å². The van der Waals surface area contributed by atoms with Crippen LogP contribution in [-0.4, -0.2) is 34.8 Å². The van der Waals surface area contributed by atoms with Gasteiger partial charge in [0.25, 0.3) is 0 Å². The summed E-state index contributed by atoms with van der Waals surface area (Å²) in [5.74, 6) is 2.05. The Kier molecular flexibility index (Phi) is 4.05. The first-order valence-corrected chi connectivity index (χ1v) is 6.13. The van der Waals surface area contributed by atoms with Gasteiger partial charge < -0.3 is 5.11 Å². The van der Waals surface area contributed by atoms with E-state index in [2.05, 4.69) is 10.9 Å². The van der Waals surface area contributed by atoms with Gasteiger partial charge in [0, 0.05) is 11.6 Å². The highest BCUT2D eigenvalue weighted by molar-refractivity contribution is 5.87. The van der Waals surface area contributed by atoms with Crippen molar-refractivity contribution in [1.82, 2.24) is 9.88 Å². The number of phenolic OH excluding ortho intramolecular Hbond substituents is 1. The number of nitrogens with zero attached hydrogens (tertiary/aromatic N) is 2. The van der Waals surface area contributed by atoms with Crippen molar-refractivity contribution in [2.24, 2.45) is 0 Å². The third-order valence-corrected chi connectivity index (χ3v) is 3.17. The van der Waals surface area contributed by atoms with Crippen LogP contribution in [-0.2, 0) is 0 Å². The summed E-state index contributed by atoms with van der Waals surface area (Å²) in [6, 6.07) is 3.64. The van der Waals surface area contributed by atoms with Gasteiger partial charge in [-0.05, 0) is 24.7 Å². The number of alkyl halides is 3. The Morgan fingerprint density at radius 2 is 2.10 bits per heavy atom. The molecule has 0 radical (unpaired) electrons. The molecule has 3 nitrogen and oxygen atoms in total. The van der Waals surface area contributed by atoms with Crippen molar-refractivity contribution in [3.63, 3.8) is 0 Å². The molecule has 21 heavy (non-hydrogen) atoms. The molecule has 1 unspecified atom stereocenters. The second-order valence-corrected chi connectivity index (χ2v) is 4.64. The first kappa shape index (κ1) is 15.1. The van der Waals surface area contributed by atoms with Crippen LogP contribution in [0.25, 0.3) is 10.9 Å². The summed E-state index contributed by atoms with van der Waals surface area (Å²) in [7, 11) is 1.31. The molecule has 0 aliphatic rings. The molecule has 1 atom stereocenters. The van der Waals surface area contributed by atoms with Gasteiger partial charge in [0.1, 0.15) is 17.3 Å². The fourth-order valence-electron chi connectivity index (χ4n) is 2.32. The van der Waals surface area contributed by atoms with E-state index in [1.807, 2.05) is 0 Å². The van der Waals surface area contributed by atoms with E-state index < -0.39 is 12.2 Å². The fraction of sp³-hybridized carbons (Fsp3) is 0.267. The molecule has 6 heteroatoms. The van der Waals surface area contributed by atoms with Crippen LogP contribution in [0.1, 0.15) is 11.6 Å². The summed E-state index contributed by atoms with van der Waals surface area (Å²) in [5, 5.41) is 9.99. The summed E-state index contributed by atoms with van der Waals surface area (Å²) < 4.78 is 40.2. The summed E-state index contributed by atoms with van der Waals surface area (Å²) in [6.07, 6.45) is 2.04. The number of hydrogen-bond acceptors (Lipinski definition) is 3. The molecule has 1 N–H and O–H groups in total. The molecule has 0 spiro atoms. The highest BCUT2D eigenvalue weighted by Crippen LogP contribution is 2.40. The van der Waals surface area contributed by atoms with E-state index in [0.717, 1.165) is 4.90 Å². The van der Waals surface area contributed by atoms with Gasteiger partial charge >= 0.3 is 6.18 Å². The number of aromatic nitrogens is 1. The molecule has 0 amide bonds. The van der Waals surface area contributed by atoms with E-state index in [1.165, 1.54) is 37.5 Å². The van der Waals surface area contributed by atoms with Gasteiger partial charge in [-0.1, -0.05) is 18.1 Å². The molecule has 1 heterocycles. The molecular formula is C15H13F3N2O. The number of benzene rings is 1. The minimum Gasteiger partial charge on any atom is -0.506 e. The fourth-order valence-corrected chi connectivity index (χ4v) is 2.32. The maximum atomic E-state index is 13.4. The Morgan fingerprint density at radius 3 is 2.71 bits per heavy atom. The summed E-state index contributed by atoms with van der Waals surface area (Å²) in [6.45, 7) is -0.146. The highest BCUT2D eigenvalue weighted by atomic mass is 19.4. The van der Waals surface area contributed by atoms with E-state index in [1.54, 1.807) is 0 Å². The second kappa shape index (κ2) is 5.62. The van der Waals surface area contributed by atoms with Crippen molar-refractivity contribution in [2.75, 3.05) is 13.6 Å². The maximum Gasteiger partial charge on any atom is 0.408 e. The number of rotatable bonds is 3. The second-order valence-electron chi connectivity index (χ2n) is 4.64. The van der Waals surface area contributed by atoms with Crippen molar-refractivity contribution in [3.8, 4) is 18.1 Å². The first-order chi connectivity index (χ1) is 9.86. The zero-order valence-electron chi connectivity index (χ0n) is 11.2. The number of pyridine rings is 1. The van der Waals surface area contributed by atoms with Gasteiger partial charge in [-0.25, -0.2) is 0 Å². The van der Waals surface area contributed by atoms with Crippen LogP contribution < -0.4 is 0 Å². The number of terminal acetylenes is 1. The smallest absolute Gasteiger partial charge is 0.408 e. The van der Waals surface area contributed by atoms with Crippen LogP contribution in [0.4, 0.5) is 13.2 Å². The minimum absolute atomic E-state index is 0.0150. The van der Waals surface area contributed by atoms with Crippen molar-refractivity contribution < 1.29 is 18.3 Å². The summed E-state index contributed by atoms with van der Waals surface area (Å²) in [4.78, 5) is 4.98. The quantitative estimate of drug-likeness (QED) is 0.884. The van der Waals surface area contributed by atoms with Crippen LogP contribution in [0.3, 0.4) is 0 Å². The number of halogens is 3. The average Bonchev–Trinajstić information content (AvgIpc) is 2.41. The number of hydrogen-bond donors (Lipinski definition) is 1. The molecule has 0 fully saturated rings. The predicted molar refractivity (Wildman–Crippen MR) is 73.7 cm³/mol. The molecule has 0 aliphatic carbocycles. The maximum absolute atomic E-state index is 13.4. The van der Waals surface area contributed by atoms with Crippen LogP contribution in [0.2, 0.25) is 0 Å². The third kappa shape index (κ3) is 2.93. The molecule has 2 aromatic rings. The third-order valence-electron chi connectivity index (χ3n) is 3.17. The standard InChI is InChI=1S/C15H13F3N2O/c1-3-9-20(2)14(15(16,17)18)11-6-7-12(21)13-10(11)5-4-8-19-13/h1,4-8,14,21H,9H2,2H3. The van der Waals surface area contributed by atoms with Crippen molar-refractivity contribution >= 4 is 10.9 Å². The normalized spacial score (nSPS) is 13.3. The number of fused-ring (bicyclic) bond motifs is 1. The Bertz CT molecular complexity index is 691. The zero-order chi connectivity index (χ0) is 15.6. The molecule has 110 valence electrons. The molecule has 2 rings (SSSR count). The molecule has 0 aliphatic heterocycles. The van der Waals surface area contributed by atoms with E-state index in [4.69, 9.17) is 6.42 Å². The lowest BCUT2D eigenvalue weighted by Gasteiger charge is -2.29. The molecule has 1 aromatic heterocycles. The number of aromatic hydroxyl groups is 1. The zero-order valence-corrected chi connectivity index (χ0v) is 11.2. The Morgan fingerprint density at radius 1 is 1.38 bits per heavy atom. The van der Waals surface area contributed by atoms with Crippen molar-refractivity contribution in [1.29, 1.82) is 0 Å². The lowest BCUT2D eigenvalue weighted by atomic mass is 9.99. The van der Waals surface area contributed by atoms with Gasteiger partial charge in [0.05, 0.1) is 6.54 Å². The van der Waals surface area contributed by atoms with E-state index >= 15 is 0 Å². The van der Waals surface area contributed by atoms with Crippen molar-refractivity contribution in [3.05, 3.63) is 36.0 Å². The highest BCUT2D eigenvalue weighted by Gasteiger charge is 2.44. The van der Waals surface area contributed by atoms with Gasteiger partial charge in [-0.3, -0.25) is 9.88 Å². The predicted octanol–water partition coefficient (Wildman–Crippen LogP) is 3.11. The SMILES string of the molecule is C#CCN(C)C(c1ccc(O)c2ncccc12)C(F)(F)F. The van der Waals surface area contributed by atoms with E-state index in [0.29, 0.717) is 0 Å². The van der Waals surface area contributed by atoms with Crippen LogP contribution in [0.5, 0.6) is 5.75 Å². The average molecular weight is 294 g/mol. The van der Waals surface area contributed by atoms with Crippen molar-refractivity contribution in [2.45, 2.75) is 12.2 Å². The largest absolute Gasteiger partial charge is 0.506 e. The Labute approximate surface area is 120 Å². The Balaban J connectivity index is 2.66. The Hall–Kier alpha value is -2.26. The monoisotopic (exact) mass is 294 g/mol. The summed E-state index contributed by atoms with van der Waals surface area (Å²) >= 11 is 0. The molecule has 0 bridgehead atoms. The first-order valence-electron chi connectivity index (χ1n) is 6.13. The molecule has 0 saturated carbocycles. The van der Waals surface area contributed by atoms with Crippen LogP contribution >= 0.6 is 0 Å². The number of phenols is 1. The lowest BCUT2D eigenvalue weighted by molar-refractivity contribution is -0.181. The molecule has 0 saturated heterocycles. The topological polar surface area (TPSA) is 36.4 Å². The lowest BCUT2D eigenvalue weighted by Crippen LogP contribution is -2.36. The van der Waals surface area contributed by atoms with E-state index in [9.17, 15) is 18.3 Å². The van der Waals surface area contributed by atoms with Crippen LogP contribution in [0, 0.1) is 12.3 Å². The van der Waals surface area contributed by atoms with E-state index in [-0.39, 0.29) is 28.8 Å². The molecule has 1 aromatic carbocycles. The summed E-state index contributed by atoms with van der Waals surface area (Å²) in [5.41, 5.74) is 0.152. The molecular weight excluding hydrogens is 281 g/mol. The van der Waals surface area contributed by atoms with Crippen LogP contribution in [0.15, 0.2) is 30.5 Å². The van der Waals surface area contributed by atoms with Gasteiger partial charge in [0.2, 0.25) is 0 Å².